The third-order valence-electron chi connectivity index (χ3n) is 13.2. The van der Waals surface area contributed by atoms with Crippen LogP contribution in [-0.2, 0) is 22.6 Å². The molecule has 0 fully saturated rings. The number of alkyl halides is 3. The van der Waals surface area contributed by atoms with Crippen LogP contribution in [0.2, 0.25) is 0 Å². The lowest BCUT2D eigenvalue weighted by molar-refractivity contribution is -0.137. The molecule has 0 saturated carbocycles. The number of para-hydroxylation sites is 1. The number of hydrogen-bond acceptors (Lipinski definition) is 2. The summed E-state index contributed by atoms with van der Waals surface area (Å²) in [5, 5.41) is 3.56. The molecule has 1 aliphatic carbocycles. The molecule has 0 radical (unpaired) electrons. The van der Waals surface area contributed by atoms with Crippen LogP contribution in [0.5, 0.6) is 17.2 Å². The maximum atomic E-state index is 15.6. The van der Waals surface area contributed by atoms with Gasteiger partial charge in [-0.2, -0.15) is 13.2 Å². The van der Waals surface area contributed by atoms with Crippen molar-refractivity contribution in [3.63, 3.8) is 0 Å². The van der Waals surface area contributed by atoms with Gasteiger partial charge in [-0.3, -0.25) is 0 Å². The fourth-order valence-electron chi connectivity index (χ4n) is 9.88. The zero-order valence-electron chi connectivity index (χ0n) is 36.6. The fourth-order valence-corrected chi connectivity index (χ4v) is 9.88. The first-order valence-electron chi connectivity index (χ1n) is 21.8. The topological polar surface area (TPSA) is 23.4 Å². The van der Waals surface area contributed by atoms with E-state index in [0.29, 0.717) is 27.8 Å². The molecule has 0 bridgehead atoms. The summed E-state index contributed by atoms with van der Waals surface area (Å²) < 4.78 is 62.5. The van der Waals surface area contributed by atoms with Crippen molar-refractivity contribution < 1.29 is 22.6 Å². The molecule has 8 aromatic carbocycles. The number of halogens is 3. The van der Waals surface area contributed by atoms with Gasteiger partial charge in [0.15, 0.2) is 5.60 Å². The highest BCUT2D eigenvalue weighted by Gasteiger charge is 2.46. The van der Waals surface area contributed by atoms with E-state index in [-0.39, 0.29) is 27.7 Å². The van der Waals surface area contributed by atoms with Crippen LogP contribution in [-0.4, -0.2) is 4.57 Å². The van der Waals surface area contributed by atoms with Crippen molar-refractivity contribution in [1.82, 2.24) is 4.57 Å². The van der Waals surface area contributed by atoms with Crippen molar-refractivity contribution in [2.45, 2.75) is 64.1 Å². The molecule has 1 aromatic heterocycles. The van der Waals surface area contributed by atoms with Crippen molar-refractivity contribution in [3.8, 4) is 45.2 Å². The summed E-state index contributed by atoms with van der Waals surface area (Å²) in [5.41, 5.74) is 7.47. The Morgan fingerprint density at radius 2 is 1.08 bits per heavy atom. The highest BCUT2D eigenvalue weighted by Crippen LogP contribution is 2.58. The predicted octanol–water partition coefficient (Wildman–Crippen LogP) is 16.3. The second-order valence-electron chi connectivity index (χ2n) is 19.2. The first kappa shape index (κ1) is 39.8. The maximum Gasteiger partial charge on any atom is 0.417 e. The number of hydrogen-bond donors (Lipinski definition) is 0. The van der Waals surface area contributed by atoms with E-state index >= 15 is 13.2 Å². The third kappa shape index (κ3) is 6.17. The smallest absolute Gasteiger partial charge is 0.417 e. The van der Waals surface area contributed by atoms with E-state index in [9.17, 15) is 0 Å². The molecule has 6 heteroatoms. The van der Waals surface area contributed by atoms with Crippen LogP contribution in [0.3, 0.4) is 0 Å². The third-order valence-corrected chi connectivity index (χ3v) is 13.2. The molecule has 0 saturated heterocycles. The van der Waals surface area contributed by atoms with Crippen LogP contribution in [0.15, 0.2) is 164 Å². The molecule has 1 aliphatic heterocycles. The molecule has 64 heavy (non-hydrogen) atoms. The molecule has 0 N–H and O–H groups in total. The summed E-state index contributed by atoms with van der Waals surface area (Å²) in [5.74, 6) is 1.52. The minimum atomic E-state index is -4.66. The van der Waals surface area contributed by atoms with Crippen LogP contribution < -0.4 is 9.47 Å². The molecule has 0 amide bonds. The average Bonchev–Trinajstić information content (AvgIpc) is 3.79. The predicted molar refractivity (Wildman–Crippen MR) is 255 cm³/mol. The van der Waals surface area contributed by atoms with Crippen LogP contribution in [0, 0.1) is 0 Å². The molecule has 2 aliphatic rings. The minimum Gasteiger partial charge on any atom is -0.472 e. The number of benzene rings is 8. The van der Waals surface area contributed by atoms with Gasteiger partial charge in [-0.1, -0.05) is 139 Å². The number of aromatic nitrogens is 1. The van der Waals surface area contributed by atoms with Crippen molar-refractivity contribution in [1.29, 1.82) is 0 Å². The number of ether oxygens (including phenoxy) is 2. The quantitative estimate of drug-likeness (QED) is 0.172. The van der Waals surface area contributed by atoms with Crippen LogP contribution in [0.1, 0.15) is 74.9 Å². The highest BCUT2D eigenvalue weighted by atomic mass is 19.4. The van der Waals surface area contributed by atoms with Gasteiger partial charge in [-0.25, -0.2) is 0 Å². The Bertz CT molecular complexity index is 3290. The Morgan fingerprint density at radius 1 is 0.531 bits per heavy atom. The second-order valence-corrected chi connectivity index (χ2v) is 19.2. The Hall–Kier alpha value is -7.05. The lowest BCUT2D eigenvalue weighted by atomic mass is 9.81. The van der Waals surface area contributed by atoms with E-state index in [0.717, 1.165) is 39.0 Å². The summed E-state index contributed by atoms with van der Waals surface area (Å²) in [6, 6.07) is 52.1. The maximum absolute atomic E-state index is 15.6. The zero-order chi connectivity index (χ0) is 44.3. The highest BCUT2D eigenvalue weighted by molar-refractivity contribution is 6.19. The molecular weight excluding hydrogens is 800 g/mol. The minimum absolute atomic E-state index is 0.0228. The van der Waals surface area contributed by atoms with Crippen molar-refractivity contribution >= 4 is 38.7 Å². The largest absolute Gasteiger partial charge is 0.472 e. The van der Waals surface area contributed by atoms with Gasteiger partial charge in [0.1, 0.15) is 17.2 Å². The summed E-state index contributed by atoms with van der Waals surface area (Å²) in [7, 11) is 0. The van der Waals surface area contributed by atoms with E-state index in [1.54, 1.807) is 24.3 Å². The van der Waals surface area contributed by atoms with Crippen molar-refractivity contribution in [2.75, 3.05) is 0 Å². The fraction of sp³-hybridized carbons (Fsp3) is 0.172. The van der Waals surface area contributed by atoms with E-state index in [1.807, 2.05) is 97.1 Å². The average molecular weight is 846 g/mol. The first-order chi connectivity index (χ1) is 30.6. The molecule has 316 valence electrons. The Morgan fingerprint density at radius 3 is 1.67 bits per heavy atom. The first-order valence-corrected chi connectivity index (χ1v) is 21.8. The van der Waals surface area contributed by atoms with Gasteiger partial charge in [0, 0.05) is 49.5 Å². The Labute approximate surface area is 371 Å². The molecule has 0 spiro atoms. The van der Waals surface area contributed by atoms with Gasteiger partial charge in [0.2, 0.25) is 0 Å². The van der Waals surface area contributed by atoms with Gasteiger partial charge in [0.25, 0.3) is 0 Å². The Balaban J connectivity index is 1.11. The van der Waals surface area contributed by atoms with Crippen molar-refractivity contribution in [3.05, 3.63) is 197 Å². The van der Waals surface area contributed by atoms with E-state index in [2.05, 4.69) is 94.6 Å². The van der Waals surface area contributed by atoms with Gasteiger partial charge < -0.3 is 14.0 Å². The molecule has 1 atom stereocenters. The lowest BCUT2D eigenvalue weighted by Crippen LogP contribution is -2.35. The van der Waals surface area contributed by atoms with Gasteiger partial charge in [0.05, 0.1) is 16.6 Å². The van der Waals surface area contributed by atoms with Gasteiger partial charge in [-0.15, -0.1) is 0 Å². The molecule has 2 heterocycles. The number of fused-ring (bicyclic) bond motifs is 8. The molecule has 1 unspecified atom stereocenters. The molecule has 9 aromatic rings. The summed E-state index contributed by atoms with van der Waals surface area (Å²) in [4.78, 5) is 0. The summed E-state index contributed by atoms with van der Waals surface area (Å²) >= 11 is 0. The number of nitrogens with zero attached hydrogens (tertiary/aromatic N) is 1. The van der Waals surface area contributed by atoms with Crippen LogP contribution >= 0.6 is 0 Å². The molecule has 3 nitrogen and oxygen atoms in total. The Kier molecular flexibility index (Phi) is 8.68. The van der Waals surface area contributed by atoms with E-state index in [1.165, 1.54) is 21.9 Å². The standard InChI is InChI=1S/C58H46F3NO2/c1-55(2,3)37-23-29-49-47(33-37)48-34-38(56(4,5)6)24-30-50(48)62(49)39-25-19-35(20-26-39)57(36-21-27-41(28-22-36)63-40-13-8-7-9-14-40)32-31-46-53(58(59,60)61)52-44-16-11-10-15-42(44)43-17-12-18-45(51(43)52)54(46)64-57/h7-34H,1-6H3. The van der Waals surface area contributed by atoms with Crippen molar-refractivity contribution in [2.24, 2.45) is 0 Å². The number of rotatable bonds is 5. The van der Waals surface area contributed by atoms with E-state index in [4.69, 9.17) is 9.47 Å². The van der Waals surface area contributed by atoms with Gasteiger partial charge in [-0.05, 0) is 111 Å². The lowest BCUT2D eigenvalue weighted by Gasteiger charge is -2.38. The van der Waals surface area contributed by atoms with Crippen LogP contribution in [0.25, 0.3) is 66.6 Å². The van der Waals surface area contributed by atoms with Gasteiger partial charge >= 0.3 is 6.18 Å². The summed E-state index contributed by atoms with van der Waals surface area (Å²) in [6.07, 6.45) is -1.24. The monoisotopic (exact) mass is 845 g/mol. The molecule has 11 rings (SSSR count). The molecular formula is C58H46F3NO2. The SMILES string of the molecule is CC(C)(C)c1ccc2c(c1)c1cc(C(C)(C)C)ccc1n2-c1ccc(C2(c3ccc(Oc4ccccc4)cc3)C=Cc3c(C(F)(F)F)c4c5c(cccc5c3O2)-c2ccccc2-4)cc1. The normalized spacial score (nSPS) is 15.7. The summed E-state index contributed by atoms with van der Waals surface area (Å²) in [6.45, 7) is 13.4. The second kappa shape index (κ2) is 14.0. The van der Waals surface area contributed by atoms with Crippen LogP contribution in [0.4, 0.5) is 13.2 Å². The zero-order valence-corrected chi connectivity index (χ0v) is 36.6. The van der Waals surface area contributed by atoms with E-state index < -0.39 is 17.3 Å².